The van der Waals surface area contributed by atoms with Gasteiger partial charge in [0.05, 0.1) is 0 Å². The summed E-state index contributed by atoms with van der Waals surface area (Å²) in [6.45, 7) is 18.3. The summed E-state index contributed by atoms with van der Waals surface area (Å²) >= 11 is 0. The van der Waals surface area contributed by atoms with E-state index in [1.807, 2.05) is 4.90 Å². The van der Waals surface area contributed by atoms with Crippen molar-refractivity contribution in [1.82, 2.24) is 9.80 Å². The Kier molecular flexibility index (Phi) is 5.43. The standard InChI is InChI=1S/C16H32N2O/c1-15(2,3)7-8-17-9-11-18(12-10-17)14(19)13-16(4,5)6/h7-13H2,1-6H3. The fourth-order valence-electron chi connectivity index (χ4n) is 2.28. The SMILES string of the molecule is CC(C)(C)CCN1CCN(C(=O)CC(C)(C)C)CC1. The van der Waals surface area contributed by atoms with Gasteiger partial charge in [0, 0.05) is 32.6 Å². The predicted octanol–water partition coefficient (Wildman–Crippen LogP) is 3.00. The minimum Gasteiger partial charge on any atom is -0.340 e. The van der Waals surface area contributed by atoms with E-state index < -0.39 is 0 Å². The van der Waals surface area contributed by atoms with E-state index in [0.29, 0.717) is 17.7 Å². The Morgan fingerprint density at radius 2 is 1.42 bits per heavy atom. The molecule has 1 fully saturated rings. The third-order valence-corrected chi connectivity index (χ3v) is 3.58. The van der Waals surface area contributed by atoms with Gasteiger partial charge < -0.3 is 4.90 Å². The average molecular weight is 268 g/mol. The largest absolute Gasteiger partial charge is 0.340 e. The van der Waals surface area contributed by atoms with Gasteiger partial charge in [0.25, 0.3) is 0 Å². The van der Waals surface area contributed by atoms with Crippen LogP contribution in [0.25, 0.3) is 0 Å². The van der Waals surface area contributed by atoms with E-state index in [-0.39, 0.29) is 5.41 Å². The van der Waals surface area contributed by atoms with Gasteiger partial charge in [0.2, 0.25) is 5.91 Å². The van der Waals surface area contributed by atoms with Crippen molar-refractivity contribution in [2.45, 2.75) is 54.4 Å². The van der Waals surface area contributed by atoms with Crippen molar-refractivity contribution in [1.29, 1.82) is 0 Å². The van der Waals surface area contributed by atoms with Crippen molar-refractivity contribution in [2.75, 3.05) is 32.7 Å². The van der Waals surface area contributed by atoms with Crippen LogP contribution in [0, 0.1) is 10.8 Å². The number of piperazine rings is 1. The first-order chi connectivity index (χ1) is 8.57. The van der Waals surface area contributed by atoms with Crippen molar-refractivity contribution in [3.05, 3.63) is 0 Å². The Hall–Kier alpha value is -0.570. The summed E-state index contributed by atoms with van der Waals surface area (Å²) in [5.41, 5.74) is 0.500. The van der Waals surface area contributed by atoms with Gasteiger partial charge in [-0.2, -0.15) is 0 Å². The molecule has 0 spiro atoms. The lowest BCUT2D eigenvalue weighted by molar-refractivity contribution is -0.134. The molecule has 112 valence electrons. The molecule has 0 bridgehead atoms. The Morgan fingerprint density at radius 1 is 0.895 bits per heavy atom. The third kappa shape index (κ3) is 6.95. The molecule has 0 unspecified atom stereocenters. The van der Waals surface area contributed by atoms with Gasteiger partial charge in [-0.05, 0) is 23.8 Å². The van der Waals surface area contributed by atoms with Crippen LogP contribution in [0.1, 0.15) is 54.4 Å². The minimum atomic E-state index is 0.0977. The Balaban J connectivity index is 2.31. The van der Waals surface area contributed by atoms with E-state index in [4.69, 9.17) is 0 Å². The summed E-state index contributed by atoms with van der Waals surface area (Å²) in [5.74, 6) is 0.322. The molecule has 3 heteroatoms. The van der Waals surface area contributed by atoms with Gasteiger partial charge >= 0.3 is 0 Å². The van der Waals surface area contributed by atoms with Crippen LogP contribution in [-0.2, 0) is 4.79 Å². The van der Waals surface area contributed by atoms with Crippen LogP contribution in [0.2, 0.25) is 0 Å². The number of hydrogen-bond acceptors (Lipinski definition) is 2. The first kappa shape index (κ1) is 16.5. The van der Waals surface area contributed by atoms with E-state index in [9.17, 15) is 4.79 Å². The monoisotopic (exact) mass is 268 g/mol. The summed E-state index contributed by atoms with van der Waals surface area (Å²) in [7, 11) is 0. The van der Waals surface area contributed by atoms with Crippen molar-refractivity contribution in [2.24, 2.45) is 10.8 Å². The van der Waals surface area contributed by atoms with Crippen LogP contribution in [0.3, 0.4) is 0 Å². The van der Waals surface area contributed by atoms with Gasteiger partial charge in [-0.3, -0.25) is 9.69 Å². The van der Waals surface area contributed by atoms with E-state index >= 15 is 0 Å². The highest BCUT2D eigenvalue weighted by atomic mass is 16.2. The lowest BCUT2D eigenvalue weighted by Gasteiger charge is -2.37. The maximum absolute atomic E-state index is 12.1. The molecule has 0 aromatic carbocycles. The summed E-state index contributed by atoms with van der Waals surface area (Å²) < 4.78 is 0. The van der Waals surface area contributed by atoms with E-state index in [1.54, 1.807) is 0 Å². The van der Waals surface area contributed by atoms with E-state index in [0.717, 1.165) is 32.7 Å². The molecule has 1 aliphatic heterocycles. The number of nitrogens with zero attached hydrogens (tertiary/aromatic N) is 2. The van der Waals surface area contributed by atoms with E-state index in [2.05, 4.69) is 46.4 Å². The van der Waals surface area contributed by atoms with Gasteiger partial charge in [-0.1, -0.05) is 41.5 Å². The van der Waals surface area contributed by atoms with Crippen LogP contribution in [0.4, 0.5) is 0 Å². The van der Waals surface area contributed by atoms with Crippen LogP contribution >= 0.6 is 0 Å². The first-order valence-corrected chi connectivity index (χ1v) is 7.57. The van der Waals surface area contributed by atoms with Crippen LogP contribution in [-0.4, -0.2) is 48.4 Å². The highest BCUT2D eigenvalue weighted by Gasteiger charge is 2.25. The van der Waals surface area contributed by atoms with Crippen molar-refractivity contribution in [3.63, 3.8) is 0 Å². The molecule has 3 nitrogen and oxygen atoms in total. The van der Waals surface area contributed by atoms with Crippen molar-refractivity contribution in [3.8, 4) is 0 Å². The zero-order valence-electron chi connectivity index (χ0n) is 13.8. The zero-order valence-corrected chi connectivity index (χ0v) is 13.8. The van der Waals surface area contributed by atoms with E-state index in [1.165, 1.54) is 6.42 Å². The molecule has 1 rings (SSSR count). The molecular formula is C16H32N2O. The molecule has 0 aromatic rings. The smallest absolute Gasteiger partial charge is 0.223 e. The molecule has 0 aromatic heterocycles. The number of rotatable bonds is 3. The highest BCUT2D eigenvalue weighted by Crippen LogP contribution is 2.21. The highest BCUT2D eigenvalue weighted by molar-refractivity contribution is 5.76. The van der Waals surface area contributed by atoms with Gasteiger partial charge in [-0.15, -0.1) is 0 Å². The fourth-order valence-corrected chi connectivity index (χ4v) is 2.28. The zero-order chi connectivity index (χ0) is 14.7. The Bertz CT molecular complexity index is 291. The average Bonchev–Trinajstić information content (AvgIpc) is 2.23. The molecular weight excluding hydrogens is 236 g/mol. The number of hydrogen-bond donors (Lipinski definition) is 0. The molecule has 19 heavy (non-hydrogen) atoms. The summed E-state index contributed by atoms with van der Waals surface area (Å²) in [5, 5.41) is 0. The molecule has 1 heterocycles. The first-order valence-electron chi connectivity index (χ1n) is 7.57. The second-order valence-electron chi connectivity index (χ2n) is 8.27. The van der Waals surface area contributed by atoms with Crippen LogP contribution in [0.5, 0.6) is 0 Å². The molecule has 0 atom stereocenters. The lowest BCUT2D eigenvalue weighted by atomic mass is 9.91. The summed E-state index contributed by atoms with van der Waals surface area (Å²) in [6, 6.07) is 0. The maximum Gasteiger partial charge on any atom is 0.223 e. The predicted molar refractivity (Wildman–Crippen MR) is 81.2 cm³/mol. The Labute approximate surface area is 119 Å². The molecule has 0 saturated carbocycles. The molecule has 1 saturated heterocycles. The normalized spacial score (nSPS) is 18.7. The quantitative estimate of drug-likeness (QED) is 0.785. The van der Waals surface area contributed by atoms with Gasteiger partial charge in [-0.25, -0.2) is 0 Å². The van der Waals surface area contributed by atoms with Crippen LogP contribution in [0.15, 0.2) is 0 Å². The summed E-state index contributed by atoms with van der Waals surface area (Å²) in [4.78, 5) is 16.7. The summed E-state index contributed by atoms with van der Waals surface area (Å²) in [6.07, 6.45) is 1.89. The second-order valence-corrected chi connectivity index (χ2v) is 8.27. The molecule has 0 radical (unpaired) electrons. The van der Waals surface area contributed by atoms with Gasteiger partial charge in [0.1, 0.15) is 0 Å². The molecule has 1 aliphatic rings. The lowest BCUT2D eigenvalue weighted by Crippen LogP contribution is -2.49. The molecule has 1 amide bonds. The van der Waals surface area contributed by atoms with Crippen molar-refractivity contribution >= 4 is 5.91 Å². The van der Waals surface area contributed by atoms with Crippen LogP contribution < -0.4 is 0 Å². The molecule has 0 N–H and O–H groups in total. The second kappa shape index (κ2) is 6.25. The fraction of sp³-hybridized carbons (Fsp3) is 0.938. The van der Waals surface area contributed by atoms with Crippen molar-refractivity contribution < 1.29 is 4.79 Å². The van der Waals surface area contributed by atoms with Gasteiger partial charge in [0.15, 0.2) is 0 Å². The number of carbonyl (C=O) groups excluding carboxylic acids is 1. The Morgan fingerprint density at radius 3 is 1.84 bits per heavy atom. The third-order valence-electron chi connectivity index (χ3n) is 3.58. The maximum atomic E-state index is 12.1. The minimum absolute atomic E-state index is 0.0977. The topological polar surface area (TPSA) is 23.6 Å². The number of carbonyl (C=O) groups is 1. The number of amides is 1. The molecule has 0 aliphatic carbocycles.